The second-order valence-corrected chi connectivity index (χ2v) is 20.0. The van der Waals surface area contributed by atoms with E-state index in [4.69, 9.17) is 9.16 Å². The Balaban J connectivity index is 1.98. The number of carboxylic acid groups (broad SMARTS) is 1. The molecule has 2 heterocycles. The molecule has 244 valence electrons. The van der Waals surface area contributed by atoms with Gasteiger partial charge in [0.25, 0.3) is 0 Å². The number of carbonyl (C=O) groups is 4. The van der Waals surface area contributed by atoms with Crippen LogP contribution in [0.5, 0.6) is 0 Å². The first kappa shape index (κ1) is 35.1. The third kappa shape index (κ3) is 8.01. The van der Waals surface area contributed by atoms with Crippen LogP contribution in [0.25, 0.3) is 0 Å². The van der Waals surface area contributed by atoms with E-state index < -0.39 is 49.5 Å². The standard InChI is InChI=1S/C32H55N3O7Si/c1-20(2)43(21(3)4,22(5)6)42-24-17-26-27(36)34-32(29(38)39)18-23(32)15-13-11-10-12-14-16-25(28(37)35(26)19-24)33-30(40)41-31(7,8)9/h13,15,20-26H,10-12,14,16-19H2,1-9H3,(H,33,40)(H,34,36)(H,38,39)/b15-13+/t23-,24-,25+,26+,32-/m1/s1. The fraction of sp³-hybridized carbons (Fsp3) is 0.812. The lowest BCUT2D eigenvalue weighted by atomic mass is 10.0. The zero-order valence-electron chi connectivity index (χ0n) is 27.7. The Labute approximate surface area is 258 Å². The molecule has 1 aliphatic carbocycles. The summed E-state index contributed by atoms with van der Waals surface area (Å²) in [6, 6.07) is -1.79. The Hall–Kier alpha value is -2.40. The lowest BCUT2D eigenvalue weighted by Crippen LogP contribution is -2.56. The Bertz CT molecular complexity index is 1050. The van der Waals surface area contributed by atoms with Gasteiger partial charge in [0.15, 0.2) is 0 Å². The van der Waals surface area contributed by atoms with Crippen LogP contribution in [0.15, 0.2) is 12.2 Å². The number of amides is 3. The average molecular weight is 622 g/mol. The fourth-order valence-electron chi connectivity index (χ4n) is 7.29. The molecular weight excluding hydrogens is 566 g/mol. The number of hydrogen-bond acceptors (Lipinski definition) is 6. The van der Waals surface area contributed by atoms with Crippen molar-refractivity contribution >= 4 is 32.2 Å². The molecule has 3 amide bonds. The molecule has 43 heavy (non-hydrogen) atoms. The van der Waals surface area contributed by atoms with Gasteiger partial charge in [0.05, 0.1) is 6.10 Å². The topological polar surface area (TPSA) is 134 Å². The monoisotopic (exact) mass is 621 g/mol. The van der Waals surface area contributed by atoms with Gasteiger partial charge in [-0.05, 0) is 63.1 Å². The van der Waals surface area contributed by atoms with Crippen molar-refractivity contribution in [3.63, 3.8) is 0 Å². The molecule has 1 saturated carbocycles. The van der Waals surface area contributed by atoms with Crippen LogP contribution in [0.3, 0.4) is 0 Å². The van der Waals surface area contributed by atoms with Crippen LogP contribution in [0, 0.1) is 5.92 Å². The summed E-state index contributed by atoms with van der Waals surface area (Å²) in [4.78, 5) is 54.8. The fourth-order valence-corrected chi connectivity index (χ4v) is 12.9. The maximum atomic E-state index is 14.2. The van der Waals surface area contributed by atoms with E-state index >= 15 is 0 Å². The van der Waals surface area contributed by atoms with Gasteiger partial charge in [-0.25, -0.2) is 9.59 Å². The number of hydrogen-bond donors (Lipinski definition) is 3. The predicted molar refractivity (Wildman–Crippen MR) is 168 cm³/mol. The van der Waals surface area contributed by atoms with Crippen LogP contribution < -0.4 is 10.6 Å². The summed E-state index contributed by atoms with van der Waals surface area (Å²) in [5.74, 6) is -2.22. The highest BCUT2D eigenvalue weighted by molar-refractivity contribution is 6.77. The number of fused-ring (bicyclic) bond motifs is 2. The zero-order valence-corrected chi connectivity index (χ0v) is 28.7. The predicted octanol–water partition coefficient (Wildman–Crippen LogP) is 5.52. The van der Waals surface area contributed by atoms with Crippen molar-refractivity contribution in [3.05, 3.63) is 12.2 Å². The minimum Gasteiger partial charge on any atom is -0.479 e. The van der Waals surface area contributed by atoms with Gasteiger partial charge < -0.3 is 29.8 Å². The number of carbonyl (C=O) groups excluding carboxylic acids is 3. The van der Waals surface area contributed by atoms with Crippen molar-refractivity contribution in [2.75, 3.05) is 6.54 Å². The number of nitrogens with one attached hydrogen (secondary N) is 2. The maximum Gasteiger partial charge on any atom is 0.408 e. The SMILES string of the molecule is CC(C)[Si](O[C@@H]1C[C@H]2C(=O)N[C@]3(C(=O)O)C[C@H]3/C=C/CCCCC[C@H](NC(=O)OC(C)(C)C)C(=O)N2C1)(C(C)C)C(C)C. The first-order chi connectivity index (χ1) is 19.9. The summed E-state index contributed by atoms with van der Waals surface area (Å²) in [5.41, 5.74) is -1.18. The number of ether oxygens (including phenoxy) is 1. The number of allylic oxidation sites excluding steroid dienone is 1. The molecule has 0 bridgehead atoms. The minimum atomic E-state index is -2.35. The van der Waals surface area contributed by atoms with Crippen LogP contribution in [0.1, 0.15) is 107 Å². The van der Waals surface area contributed by atoms with E-state index in [1.165, 1.54) is 4.90 Å². The summed E-state index contributed by atoms with van der Waals surface area (Å²) in [5, 5.41) is 15.7. The molecule has 10 nitrogen and oxygen atoms in total. The van der Waals surface area contributed by atoms with Gasteiger partial charge in [-0.2, -0.15) is 0 Å². The summed E-state index contributed by atoms with van der Waals surface area (Å²) in [6.45, 7) is 18.6. The largest absolute Gasteiger partial charge is 0.479 e. The summed E-state index contributed by atoms with van der Waals surface area (Å²) < 4.78 is 12.5. The number of alkyl carbamates (subject to hydrolysis) is 1. The number of nitrogens with zero attached hydrogens (tertiary/aromatic N) is 1. The molecule has 3 aliphatic rings. The average Bonchev–Trinajstić information content (AvgIpc) is 3.40. The Morgan fingerprint density at radius 2 is 1.70 bits per heavy atom. The van der Waals surface area contributed by atoms with Crippen LogP contribution >= 0.6 is 0 Å². The van der Waals surface area contributed by atoms with Gasteiger partial charge in [-0.15, -0.1) is 0 Å². The Morgan fingerprint density at radius 3 is 2.26 bits per heavy atom. The van der Waals surface area contributed by atoms with Gasteiger partial charge in [0, 0.05) is 18.9 Å². The van der Waals surface area contributed by atoms with E-state index in [1.807, 2.05) is 12.2 Å². The highest BCUT2D eigenvalue weighted by atomic mass is 28.4. The third-order valence-corrected chi connectivity index (χ3v) is 15.5. The molecule has 3 rings (SSSR count). The lowest BCUT2D eigenvalue weighted by molar-refractivity contribution is -0.145. The van der Waals surface area contributed by atoms with E-state index in [0.717, 1.165) is 19.3 Å². The summed E-state index contributed by atoms with van der Waals surface area (Å²) in [7, 11) is -2.35. The molecule has 2 aliphatic heterocycles. The molecule has 5 atom stereocenters. The van der Waals surface area contributed by atoms with Crippen molar-refractivity contribution in [1.82, 2.24) is 15.5 Å². The molecule has 3 N–H and O–H groups in total. The molecule has 0 aromatic rings. The van der Waals surface area contributed by atoms with Crippen LogP contribution in [-0.2, 0) is 23.5 Å². The van der Waals surface area contributed by atoms with E-state index in [2.05, 4.69) is 52.2 Å². The smallest absolute Gasteiger partial charge is 0.408 e. The highest BCUT2D eigenvalue weighted by Crippen LogP contribution is 2.46. The second-order valence-electron chi connectivity index (χ2n) is 14.6. The van der Waals surface area contributed by atoms with Crippen molar-refractivity contribution in [3.8, 4) is 0 Å². The number of carboxylic acids is 1. The Kier molecular flexibility index (Phi) is 11.2. The molecule has 2 fully saturated rings. The zero-order chi connectivity index (χ0) is 32.3. The highest BCUT2D eigenvalue weighted by Gasteiger charge is 2.61. The van der Waals surface area contributed by atoms with E-state index in [9.17, 15) is 24.3 Å². The van der Waals surface area contributed by atoms with Crippen LogP contribution in [0.4, 0.5) is 4.79 Å². The molecule has 1 saturated heterocycles. The lowest BCUT2D eigenvalue weighted by Gasteiger charge is -2.44. The van der Waals surface area contributed by atoms with E-state index in [1.54, 1.807) is 20.8 Å². The summed E-state index contributed by atoms with van der Waals surface area (Å²) in [6.07, 6.45) is 7.02. The van der Waals surface area contributed by atoms with Gasteiger partial charge in [0.1, 0.15) is 23.2 Å². The Morgan fingerprint density at radius 1 is 1.07 bits per heavy atom. The van der Waals surface area contributed by atoms with E-state index in [0.29, 0.717) is 35.9 Å². The van der Waals surface area contributed by atoms with Gasteiger partial charge >= 0.3 is 12.1 Å². The number of aliphatic carboxylic acids is 1. The molecule has 0 spiro atoms. The number of rotatable bonds is 7. The molecular formula is C32H55N3O7Si. The first-order valence-corrected chi connectivity index (χ1v) is 18.3. The van der Waals surface area contributed by atoms with Gasteiger partial charge in [-0.3, -0.25) is 9.59 Å². The quantitative estimate of drug-likeness (QED) is 0.252. The third-order valence-electron chi connectivity index (χ3n) is 9.39. The van der Waals surface area contributed by atoms with Crippen molar-refractivity contribution in [2.24, 2.45) is 5.92 Å². The normalized spacial score (nSPS) is 29.8. The first-order valence-electron chi connectivity index (χ1n) is 16.1. The van der Waals surface area contributed by atoms with Crippen LogP contribution in [-0.4, -0.2) is 78.1 Å². The van der Waals surface area contributed by atoms with Crippen LogP contribution in [0.2, 0.25) is 16.6 Å². The molecule has 11 heteroatoms. The molecule has 0 aromatic heterocycles. The second kappa shape index (κ2) is 13.7. The summed E-state index contributed by atoms with van der Waals surface area (Å²) >= 11 is 0. The van der Waals surface area contributed by atoms with Crippen molar-refractivity contribution in [2.45, 2.75) is 153 Å². The molecule has 0 unspecified atom stereocenters. The van der Waals surface area contributed by atoms with E-state index in [-0.39, 0.29) is 30.9 Å². The minimum absolute atomic E-state index is 0.202. The van der Waals surface area contributed by atoms with Crippen molar-refractivity contribution < 1.29 is 33.4 Å². The molecule has 0 radical (unpaired) electrons. The van der Waals surface area contributed by atoms with Crippen molar-refractivity contribution in [1.29, 1.82) is 0 Å². The van der Waals surface area contributed by atoms with Gasteiger partial charge in [0.2, 0.25) is 20.1 Å². The molecule has 0 aromatic carbocycles. The maximum absolute atomic E-state index is 14.2. The van der Waals surface area contributed by atoms with Gasteiger partial charge in [-0.1, -0.05) is 66.5 Å².